The van der Waals surface area contributed by atoms with E-state index in [-0.39, 0.29) is 5.91 Å². The number of carbonyl (C=O) groups is 2. The number of halogens is 3. The second kappa shape index (κ2) is 9.27. The zero-order chi connectivity index (χ0) is 22.6. The number of benzene rings is 1. The van der Waals surface area contributed by atoms with Gasteiger partial charge in [0.1, 0.15) is 0 Å². The molecule has 0 radical (unpaired) electrons. The van der Waals surface area contributed by atoms with Gasteiger partial charge < -0.3 is 10.4 Å². The van der Waals surface area contributed by atoms with Gasteiger partial charge in [-0.25, -0.2) is 9.78 Å². The lowest BCUT2D eigenvalue weighted by molar-refractivity contribution is -0.192. The number of fused-ring (bicyclic) bond motifs is 1. The molecular weight excluding hydrogens is 453 g/mol. The highest BCUT2D eigenvalue weighted by atomic mass is 32.2. The fraction of sp³-hybridized carbons (Fsp3) is 0.105. The van der Waals surface area contributed by atoms with Crippen LogP contribution < -0.4 is 5.32 Å². The maximum atomic E-state index is 12.1. The highest BCUT2D eigenvalue weighted by molar-refractivity contribution is 8.18. The Morgan fingerprint density at radius 2 is 2.00 bits per heavy atom. The van der Waals surface area contributed by atoms with Crippen LogP contribution in [0.4, 0.5) is 18.3 Å². The van der Waals surface area contributed by atoms with Gasteiger partial charge in [-0.2, -0.15) is 18.2 Å². The van der Waals surface area contributed by atoms with Gasteiger partial charge in [0.15, 0.2) is 10.3 Å². The maximum Gasteiger partial charge on any atom is 0.490 e. The van der Waals surface area contributed by atoms with Crippen LogP contribution in [-0.2, 0) is 9.59 Å². The topological polar surface area (TPSA) is 105 Å². The van der Waals surface area contributed by atoms with Gasteiger partial charge in [0.2, 0.25) is 0 Å². The molecule has 1 amide bonds. The summed E-state index contributed by atoms with van der Waals surface area (Å²) in [5.74, 6) is -2.99. The number of carboxylic acid groups (broad SMARTS) is 1. The molecular formula is C19H13F3N4O3S2. The largest absolute Gasteiger partial charge is 0.490 e. The van der Waals surface area contributed by atoms with Crippen LogP contribution in [0.1, 0.15) is 11.3 Å². The summed E-state index contributed by atoms with van der Waals surface area (Å²) < 4.78 is 31.7. The third-order valence-corrected chi connectivity index (χ3v) is 5.40. The Balaban J connectivity index is 0.000000339. The summed E-state index contributed by atoms with van der Waals surface area (Å²) in [6.07, 6.45) is -1.46. The van der Waals surface area contributed by atoms with E-state index in [1.165, 1.54) is 23.1 Å². The molecule has 0 atom stereocenters. The normalized spacial score (nSPS) is 14.9. The van der Waals surface area contributed by atoms with E-state index in [4.69, 9.17) is 9.90 Å². The number of nitrogens with zero attached hydrogens (tertiary/aromatic N) is 3. The first-order valence-corrected chi connectivity index (χ1v) is 10.2. The first-order chi connectivity index (χ1) is 14.6. The minimum Gasteiger partial charge on any atom is -0.475 e. The van der Waals surface area contributed by atoms with Crippen LogP contribution in [0.5, 0.6) is 0 Å². The van der Waals surface area contributed by atoms with E-state index in [1.54, 1.807) is 6.20 Å². The smallest absolute Gasteiger partial charge is 0.475 e. The molecule has 0 spiro atoms. The van der Waals surface area contributed by atoms with Crippen molar-refractivity contribution in [2.24, 2.45) is 4.99 Å². The summed E-state index contributed by atoms with van der Waals surface area (Å²) in [5.41, 5.74) is 2.83. The number of aromatic nitrogens is 2. The lowest BCUT2D eigenvalue weighted by atomic mass is 10.1. The number of carboxylic acids is 1. The number of aryl methyl sites for hydroxylation is 1. The van der Waals surface area contributed by atoms with E-state index >= 15 is 0 Å². The zero-order valence-electron chi connectivity index (χ0n) is 15.7. The summed E-state index contributed by atoms with van der Waals surface area (Å²) in [6, 6.07) is 9.81. The average molecular weight is 466 g/mol. The third-order valence-electron chi connectivity index (χ3n) is 3.62. The molecule has 3 aromatic rings. The number of thioether (sulfide) groups is 1. The molecule has 2 aromatic heterocycles. The van der Waals surface area contributed by atoms with E-state index in [9.17, 15) is 18.0 Å². The van der Waals surface area contributed by atoms with Crippen LogP contribution in [0.3, 0.4) is 0 Å². The number of rotatable bonds is 2. The van der Waals surface area contributed by atoms with Crippen LogP contribution in [-0.4, -0.2) is 38.3 Å². The van der Waals surface area contributed by atoms with Crippen molar-refractivity contribution in [2.45, 2.75) is 13.1 Å². The molecule has 1 aromatic carbocycles. The second-order valence-corrected chi connectivity index (χ2v) is 7.90. The number of amidine groups is 1. The molecule has 4 rings (SSSR count). The number of alkyl halides is 3. The van der Waals surface area contributed by atoms with Gasteiger partial charge in [0.05, 0.1) is 16.1 Å². The molecule has 0 saturated heterocycles. The number of aliphatic imine (C=N–C) groups is 1. The van der Waals surface area contributed by atoms with Crippen LogP contribution in [0.2, 0.25) is 0 Å². The molecule has 3 heterocycles. The molecule has 160 valence electrons. The zero-order valence-corrected chi connectivity index (χ0v) is 17.3. The minimum atomic E-state index is -5.08. The third kappa shape index (κ3) is 6.12. The minimum absolute atomic E-state index is 0.234. The first-order valence-electron chi connectivity index (χ1n) is 8.48. The van der Waals surface area contributed by atoms with Crippen LogP contribution >= 0.6 is 23.1 Å². The van der Waals surface area contributed by atoms with Crippen molar-refractivity contribution in [1.29, 1.82) is 0 Å². The number of hydrogen-bond acceptors (Lipinski definition) is 7. The fourth-order valence-corrected chi connectivity index (χ4v) is 3.87. The Morgan fingerprint density at radius 3 is 2.65 bits per heavy atom. The highest BCUT2D eigenvalue weighted by Crippen LogP contribution is 2.30. The number of amides is 1. The van der Waals surface area contributed by atoms with Crippen molar-refractivity contribution in [1.82, 2.24) is 9.97 Å². The van der Waals surface area contributed by atoms with E-state index in [2.05, 4.69) is 20.3 Å². The predicted molar refractivity (Wildman–Crippen MR) is 114 cm³/mol. The second-order valence-electron chi connectivity index (χ2n) is 6.01. The first kappa shape index (κ1) is 22.4. The molecule has 7 nitrogen and oxygen atoms in total. The number of pyridine rings is 1. The fourth-order valence-electron chi connectivity index (χ4n) is 2.30. The van der Waals surface area contributed by atoms with E-state index < -0.39 is 12.1 Å². The van der Waals surface area contributed by atoms with Crippen molar-refractivity contribution < 1.29 is 27.9 Å². The Hall–Kier alpha value is -3.25. The Bertz CT molecular complexity index is 1210. The number of aliphatic carboxylic acids is 1. The van der Waals surface area contributed by atoms with Crippen molar-refractivity contribution in [3.63, 3.8) is 0 Å². The summed E-state index contributed by atoms with van der Waals surface area (Å²) in [6.45, 7) is 1.93. The quantitative estimate of drug-likeness (QED) is 0.527. The highest BCUT2D eigenvalue weighted by Gasteiger charge is 2.38. The molecule has 0 bridgehead atoms. The summed E-state index contributed by atoms with van der Waals surface area (Å²) in [4.78, 5) is 34.3. The van der Waals surface area contributed by atoms with Crippen LogP contribution in [0.25, 0.3) is 17.0 Å². The van der Waals surface area contributed by atoms with Crippen LogP contribution in [0, 0.1) is 6.92 Å². The SMILES string of the molecule is Cc1csc(NC2=NC(=O)/C(=C/c3ccc4ncccc4c3)S2)n1.O=C(O)C(F)(F)F. The molecule has 0 aliphatic carbocycles. The Labute approximate surface area is 181 Å². The van der Waals surface area contributed by atoms with E-state index in [0.29, 0.717) is 10.1 Å². The molecule has 1 aliphatic heterocycles. The maximum absolute atomic E-state index is 12.1. The summed E-state index contributed by atoms with van der Waals surface area (Å²) in [5, 5.41) is 14.5. The monoisotopic (exact) mass is 466 g/mol. The number of hydrogen-bond donors (Lipinski definition) is 2. The van der Waals surface area contributed by atoms with Gasteiger partial charge in [-0.1, -0.05) is 12.1 Å². The number of anilines is 1. The number of nitrogens with one attached hydrogen (secondary N) is 1. The standard InChI is InChI=1S/C17H12N4OS2.C2HF3O2/c1-10-9-23-16(19-10)21-17-20-15(22)14(24-17)8-11-4-5-13-12(7-11)3-2-6-18-13;3-2(4,5)1(6)7/h2-9H,1H3,(H,19,20,21,22);(H,6,7)/b14-8-;. The van der Waals surface area contributed by atoms with E-state index in [0.717, 1.165) is 27.3 Å². The molecule has 12 heteroatoms. The van der Waals surface area contributed by atoms with E-state index in [1.807, 2.05) is 48.7 Å². The van der Waals surface area contributed by atoms with Gasteiger partial charge >= 0.3 is 12.1 Å². The molecule has 0 saturated carbocycles. The lowest BCUT2D eigenvalue weighted by Gasteiger charge is -2.01. The molecule has 0 unspecified atom stereocenters. The van der Waals surface area contributed by atoms with Gasteiger partial charge in [0.25, 0.3) is 5.91 Å². The van der Waals surface area contributed by atoms with Crippen molar-refractivity contribution in [3.8, 4) is 0 Å². The van der Waals surface area contributed by atoms with Crippen molar-refractivity contribution in [2.75, 3.05) is 5.32 Å². The Kier molecular flexibility index (Phi) is 6.71. The van der Waals surface area contributed by atoms with Gasteiger partial charge in [-0.3, -0.25) is 9.78 Å². The number of thiazole rings is 1. The van der Waals surface area contributed by atoms with Gasteiger partial charge in [-0.15, -0.1) is 11.3 Å². The van der Waals surface area contributed by atoms with Crippen molar-refractivity contribution in [3.05, 3.63) is 58.1 Å². The summed E-state index contributed by atoms with van der Waals surface area (Å²) >= 11 is 2.81. The molecule has 1 aliphatic rings. The molecule has 31 heavy (non-hydrogen) atoms. The molecule has 0 fully saturated rings. The summed E-state index contributed by atoms with van der Waals surface area (Å²) in [7, 11) is 0. The average Bonchev–Trinajstić information content (AvgIpc) is 3.26. The predicted octanol–water partition coefficient (Wildman–Crippen LogP) is 4.72. The van der Waals surface area contributed by atoms with Gasteiger partial charge in [0, 0.05) is 17.0 Å². The lowest BCUT2D eigenvalue weighted by Crippen LogP contribution is -2.21. The molecule has 2 N–H and O–H groups in total. The number of carbonyl (C=O) groups excluding carboxylic acids is 1. The van der Waals surface area contributed by atoms with Crippen molar-refractivity contribution >= 4 is 62.3 Å². The van der Waals surface area contributed by atoms with Gasteiger partial charge in [-0.05, 0) is 48.5 Å². The Morgan fingerprint density at radius 1 is 1.26 bits per heavy atom. The van der Waals surface area contributed by atoms with Crippen LogP contribution in [0.15, 0.2) is 51.8 Å².